The van der Waals surface area contributed by atoms with Crippen LogP contribution in [0, 0.1) is 0 Å². The molecule has 0 spiro atoms. The molecule has 0 aromatic rings. The number of likely N-dealkylation sites (N-methyl/N-ethyl adjacent to an activating group) is 1. The third-order valence-electron chi connectivity index (χ3n) is 16.3. The summed E-state index contributed by atoms with van der Waals surface area (Å²) >= 11 is 0. The maximum absolute atomic E-state index is 13.1. The fraction of sp³-hybridized carbons (Fsp3) is 0.803. The minimum Gasteiger partial charge on any atom is -0.387 e. The van der Waals surface area contributed by atoms with E-state index in [1.165, 1.54) is 250 Å². The van der Waals surface area contributed by atoms with Gasteiger partial charge in [-0.05, 0) is 83.5 Å². The van der Waals surface area contributed by atoms with Crippen molar-refractivity contribution in [2.75, 3.05) is 40.9 Å². The van der Waals surface area contributed by atoms with E-state index in [9.17, 15) is 19.4 Å². The van der Waals surface area contributed by atoms with Crippen LogP contribution in [0.5, 0.6) is 0 Å². The molecule has 0 heterocycles. The molecule has 0 fully saturated rings. The Morgan fingerprint density at radius 1 is 0.412 bits per heavy atom. The Balaban J connectivity index is 4.08. The highest BCUT2D eigenvalue weighted by Crippen LogP contribution is 2.43. The number of nitrogens with one attached hydrogen (secondary N) is 1. The van der Waals surface area contributed by atoms with Gasteiger partial charge in [-0.3, -0.25) is 13.8 Å². The van der Waals surface area contributed by atoms with Gasteiger partial charge in [-0.1, -0.05) is 336 Å². The monoisotopic (exact) mass is 1210 g/mol. The molecule has 85 heavy (non-hydrogen) atoms. The van der Waals surface area contributed by atoms with Gasteiger partial charge in [0.2, 0.25) is 5.91 Å². The highest BCUT2D eigenvalue weighted by molar-refractivity contribution is 7.47. The van der Waals surface area contributed by atoms with Crippen LogP contribution in [0.3, 0.4) is 0 Å². The molecule has 0 radical (unpaired) electrons. The van der Waals surface area contributed by atoms with E-state index in [2.05, 4.69) is 92.1 Å². The highest BCUT2D eigenvalue weighted by Gasteiger charge is 2.28. The van der Waals surface area contributed by atoms with Crippen molar-refractivity contribution in [3.8, 4) is 0 Å². The van der Waals surface area contributed by atoms with Crippen molar-refractivity contribution in [2.24, 2.45) is 0 Å². The summed E-state index contributed by atoms with van der Waals surface area (Å²) in [6, 6.07) is -0.874. The van der Waals surface area contributed by atoms with Crippen molar-refractivity contribution in [2.45, 2.75) is 353 Å². The van der Waals surface area contributed by atoms with Crippen LogP contribution in [0.4, 0.5) is 0 Å². The largest absolute Gasteiger partial charge is 0.472 e. The number of allylic oxidation sites excluding steroid dienone is 13. The summed E-state index contributed by atoms with van der Waals surface area (Å²) in [4.78, 5) is 23.4. The molecular formula is C76H142N2O6P+. The molecule has 3 unspecified atom stereocenters. The van der Waals surface area contributed by atoms with Crippen LogP contribution >= 0.6 is 7.82 Å². The Kier molecular flexibility index (Phi) is 64.3. The van der Waals surface area contributed by atoms with E-state index in [0.717, 1.165) is 70.6 Å². The standard InChI is InChI=1S/C76H141N2O6P/c1-6-8-10-12-14-16-18-20-22-24-26-28-30-32-34-36-38-39-40-42-44-46-48-50-52-54-56-58-60-62-64-66-68-70-76(80)77-74(73-84-85(81,82)83-72-71-78(3,4)5)75(79)69-67-65-63-61-59-57-55-53-51-49-47-45-43-41-37-35-33-31-29-27-25-23-21-19-17-15-13-11-9-7-2/h8,10,14,16,20,22,26,28,51,53,59,61,67,69,74-75,79H,6-7,9,11-13,15,17-19,21,23-25,27,29-50,52,54-58,60,62-66,68,70-73H2,1-5H3,(H-,77,80,81,82)/p+1/b10-8-,16-14-,22-20-,28-26-,53-51+,61-59+,69-67+. The molecule has 9 heteroatoms. The normalized spacial score (nSPS) is 14.1. The second-order valence-corrected chi connectivity index (χ2v) is 27.4. The number of aliphatic hydroxyl groups excluding tert-OH is 1. The second-order valence-electron chi connectivity index (χ2n) is 25.9. The second kappa shape index (κ2) is 66.1. The lowest BCUT2D eigenvalue weighted by Crippen LogP contribution is -2.45. The average molecular weight is 1210 g/mol. The van der Waals surface area contributed by atoms with Crippen molar-refractivity contribution in [1.29, 1.82) is 0 Å². The third kappa shape index (κ3) is 69.0. The van der Waals surface area contributed by atoms with E-state index in [-0.39, 0.29) is 19.1 Å². The molecule has 3 atom stereocenters. The van der Waals surface area contributed by atoms with Crippen molar-refractivity contribution in [1.82, 2.24) is 5.32 Å². The van der Waals surface area contributed by atoms with Crippen LogP contribution in [0.15, 0.2) is 85.1 Å². The molecular weight excluding hydrogens is 1070 g/mol. The summed E-state index contributed by atoms with van der Waals surface area (Å²) < 4.78 is 23.8. The summed E-state index contributed by atoms with van der Waals surface area (Å²) in [5.74, 6) is -0.187. The van der Waals surface area contributed by atoms with Gasteiger partial charge in [0, 0.05) is 6.42 Å². The minimum absolute atomic E-state index is 0.0523. The first-order chi connectivity index (χ1) is 41.5. The van der Waals surface area contributed by atoms with Gasteiger partial charge in [-0.25, -0.2) is 4.57 Å². The summed E-state index contributed by atoms with van der Waals surface area (Å²) in [7, 11) is 1.55. The van der Waals surface area contributed by atoms with Crippen LogP contribution in [0.25, 0.3) is 0 Å². The van der Waals surface area contributed by atoms with Crippen LogP contribution in [0.1, 0.15) is 341 Å². The van der Waals surface area contributed by atoms with Crippen molar-refractivity contribution >= 4 is 13.7 Å². The number of hydrogen-bond donors (Lipinski definition) is 3. The number of phosphoric ester groups is 1. The number of quaternary nitrogens is 1. The minimum atomic E-state index is -4.37. The van der Waals surface area contributed by atoms with Crippen molar-refractivity contribution in [3.05, 3.63) is 85.1 Å². The van der Waals surface area contributed by atoms with Gasteiger partial charge < -0.3 is 19.8 Å². The lowest BCUT2D eigenvalue weighted by Gasteiger charge is -2.25. The Morgan fingerprint density at radius 3 is 1.08 bits per heavy atom. The maximum Gasteiger partial charge on any atom is 0.472 e. The predicted octanol–water partition coefficient (Wildman–Crippen LogP) is 23.5. The highest BCUT2D eigenvalue weighted by atomic mass is 31.2. The molecule has 8 nitrogen and oxygen atoms in total. The van der Waals surface area contributed by atoms with Gasteiger partial charge in [-0.2, -0.15) is 0 Å². The number of unbranched alkanes of at least 4 members (excludes halogenated alkanes) is 42. The number of phosphoric acid groups is 1. The van der Waals surface area contributed by atoms with Crippen LogP contribution in [0.2, 0.25) is 0 Å². The van der Waals surface area contributed by atoms with Gasteiger partial charge in [0.25, 0.3) is 0 Å². The zero-order valence-corrected chi connectivity index (χ0v) is 57.7. The van der Waals surface area contributed by atoms with E-state index in [1.807, 2.05) is 27.2 Å². The van der Waals surface area contributed by atoms with E-state index < -0.39 is 20.0 Å². The number of amides is 1. The summed E-state index contributed by atoms with van der Waals surface area (Å²) in [6.45, 7) is 4.72. The predicted molar refractivity (Wildman–Crippen MR) is 373 cm³/mol. The SMILES string of the molecule is CC/C=C\C/C=C\C/C=C\C/C=C\CCCCCCCCCCCCCCCCCCCCCCC(=O)NC(COP(=O)(O)OCC[N+](C)(C)C)C(O)/C=C/CC/C=C/CC/C=C/CCCCCCCCCCCCCCCCCCCCCC. The first kappa shape index (κ1) is 82.7. The van der Waals surface area contributed by atoms with Crippen LogP contribution in [-0.2, 0) is 18.4 Å². The Labute approximate surface area is 528 Å². The molecule has 496 valence electrons. The Bertz CT molecular complexity index is 1660. The molecule has 0 rings (SSSR count). The van der Waals surface area contributed by atoms with E-state index in [4.69, 9.17) is 9.05 Å². The molecule has 3 N–H and O–H groups in total. The zero-order chi connectivity index (χ0) is 61.9. The lowest BCUT2D eigenvalue weighted by molar-refractivity contribution is -0.870. The number of carbonyl (C=O) groups is 1. The zero-order valence-electron chi connectivity index (χ0n) is 56.8. The molecule has 1 amide bonds. The molecule has 0 saturated heterocycles. The fourth-order valence-corrected chi connectivity index (χ4v) is 11.5. The van der Waals surface area contributed by atoms with Gasteiger partial charge in [-0.15, -0.1) is 0 Å². The summed E-state index contributed by atoms with van der Waals surface area (Å²) in [5.41, 5.74) is 0. The molecule has 0 saturated carbocycles. The number of aliphatic hydroxyl groups is 1. The number of rotatable bonds is 67. The molecule has 0 aromatic carbocycles. The summed E-state index contributed by atoms with van der Waals surface area (Å²) in [5, 5.41) is 14.0. The van der Waals surface area contributed by atoms with E-state index in [0.29, 0.717) is 17.4 Å². The van der Waals surface area contributed by atoms with E-state index in [1.54, 1.807) is 6.08 Å². The quantitative estimate of drug-likeness (QED) is 0.0243. The average Bonchev–Trinajstić information content (AvgIpc) is 3.49. The first-order valence-electron chi connectivity index (χ1n) is 36.5. The smallest absolute Gasteiger partial charge is 0.387 e. The van der Waals surface area contributed by atoms with Crippen LogP contribution < -0.4 is 5.32 Å². The Morgan fingerprint density at radius 2 is 0.718 bits per heavy atom. The van der Waals surface area contributed by atoms with Gasteiger partial charge in [0.15, 0.2) is 0 Å². The molecule has 0 aromatic heterocycles. The molecule has 0 aliphatic heterocycles. The van der Waals surface area contributed by atoms with Crippen molar-refractivity contribution < 1.29 is 32.9 Å². The fourth-order valence-electron chi connectivity index (χ4n) is 10.7. The summed E-state index contributed by atoms with van der Waals surface area (Å²) in [6.07, 6.45) is 94.7. The number of carbonyl (C=O) groups excluding carboxylic acids is 1. The van der Waals surface area contributed by atoms with Crippen molar-refractivity contribution in [3.63, 3.8) is 0 Å². The third-order valence-corrected chi connectivity index (χ3v) is 17.3. The van der Waals surface area contributed by atoms with Gasteiger partial charge in [0.1, 0.15) is 13.2 Å². The van der Waals surface area contributed by atoms with Gasteiger partial charge >= 0.3 is 7.82 Å². The van der Waals surface area contributed by atoms with Gasteiger partial charge in [0.05, 0.1) is 39.9 Å². The van der Waals surface area contributed by atoms with E-state index >= 15 is 0 Å². The first-order valence-corrected chi connectivity index (χ1v) is 38.0. The molecule has 0 bridgehead atoms. The number of hydrogen-bond acceptors (Lipinski definition) is 5. The number of nitrogens with zero attached hydrogens (tertiary/aromatic N) is 1. The topological polar surface area (TPSA) is 105 Å². The lowest BCUT2D eigenvalue weighted by atomic mass is 10.0. The Hall–Kier alpha value is -2.32. The maximum atomic E-state index is 13.1. The molecule has 0 aliphatic carbocycles. The molecule has 0 aliphatic rings. The van der Waals surface area contributed by atoms with Crippen LogP contribution in [-0.4, -0.2) is 73.4 Å².